The Kier molecular flexibility index (Phi) is 3.00. The molecule has 5 rings (SSSR count). The molecule has 2 nitrogen and oxygen atoms in total. The Balaban J connectivity index is 0.00000125. The quantitative estimate of drug-likeness (QED) is 0.245. The molecule has 0 bridgehead atoms. The standard InChI is InChI=1S/C19H11N2.Ir/c1-2-6-14-13(5-1)9-10-16-18(14)15-7-3-4-8-17(15)21-12-11-20-19(16)21;/h1-9,11-12H;/q-1;. The van der Waals surface area contributed by atoms with Gasteiger partial charge in [0.15, 0.2) is 0 Å². The monoisotopic (exact) mass is 460 g/mol. The van der Waals surface area contributed by atoms with E-state index in [2.05, 4.69) is 70.0 Å². The first kappa shape index (κ1) is 13.4. The molecule has 2 aromatic heterocycles. The predicted octanol–water partition coefficient (Wildman–Crippen LogP) is 4.59. The molecule has 0 fully saturated rings. The molecule has 22 heavy (non-hydrogen) atoms. The average Bonchev–Trinajstić information content (AvgIpc) is 3.04. The number of rotatable bonds is 0. The molecule has 0 saturated carbocycles. The number of fused-ring (bicyclic) bond motifs is 8. The summed E-state index contributed by atoms with van der Waals surface area (Å²) in [7, 11) is 0. The van der Waals surface area contributed by atoms with Gasteiger partial charge < -0.3 is 4.40 Å². The minimum absolute atomic E-state index is 0. The minimum atomic E-state index is 0. The van der Waals surface area contributed by atoms with Crippen molar-refractivity contribution in [2.75, 3.05) is 0 Å². The van der Waals surface area contributed by atoms with E-state index in [4.69, 9.17) is 0 Å². The zero-order valence-electron chi connectivity index (χ0n) is 11.6. The summed E-state index contributed by atoms with van der Waals surface area (Å²) in [5.74, 6) is 0. The van der Waals surface area contributed by atoms with Crippen LogP contribution in [0.25, 0.3) is 38.1 Å². The number of imidazole rings is 1. The normalized spacial score (nSPS) is 11.3. The van der Waals surface area contributed by atoms with Gasteiger partial charge in [-0.25, -0.2) is 0 Å². The molecule has 3 aromatic carbocycles. The van der Waals surface area contributed by atoms with Crippen LogP contribution in [-0.2, 0) is 20.1 Å². The van der Waals surface area contributed by atoms with Crippen molar-refractivity contribution in [3.8, 4) is 0 Å². The molecule has 0 amide bonds. The number of hydrogen-bond donors (Lipinski definition) is 0. The van der Waals surface area contributed by atoms with Crippen molar-refractivity contribution in [2.24, 2.45) is 0 Å². The Labute approximate surface area is 140 Å². The number of hydrogen-bond acceptors (Lipinski definition) is 1. The van der Waals surface area contributed by atoms with Crippen LogP contribution in [0.5, 0.6) is 0 Å². The second kappa shape index (κ2) is 4.91. The first-order valence-corrected chi connectivity index (χ1v) is 7.00. The van der Waals surface area contributed by atoms with Gasteiger partial charge in [-0.05, 0) is 11.5 Å². The van der Waals surface area contributed by atoms with E-state index in [1.54, 1.807) is 0 Å². The van der Waals surface area contributed by atoms with Crippen molar-refractivity contribution in [1.82, 2.24) is 9.38 Å². The van der Waals surface area contributed by atoms with Crippen LogP contribution in [-0.4, -0.2) is 9.38 Å². The Morgan fingerprint density at radius 2 is 1.68 bits per heavy atom. The Bertz CT molecular complexity index is 1140. The minimum Gasteiger partial charge on any atom is -0.340 e. The van der Waals surface area contributed by atoms with E-state index in [1.807, 2.05) is 12.4 Å². The molecular formula is C19H11IrN2-. The molecule has 107 valence electrons. The van der Waals surface area contributed by atoms with Crippen molar-refractivity contribution in [3.05, 3.63) is 73.1 Å². The smallest absolute Gasteiger partial charge is 0.0608 e. The first-order chi connectivity index (χ1) is 10.4. The van der Waals surface area contributed by atoms with Crippen LogP contribution in [0.3, 0.4) is 0 Å². The summed E-state index contributed by atoms with van der Waals surface area (Å²) in [5.41, 5.74) is 2.15. The Hall–Kier alpha value is -2.22. The van der Waals surface area contributed by atoms with Crippen molar-refractivity contribution in [3.63, 3.8) is 0 Å². The van der Waals surface area contributed by atoms with Gasteiger partial charge in [0.2, 0.25) is 0 Å². The molecule has 0 aliphatic rings. The molecule has 3 heteroatoms. The van der Waals surface area contributed by atoms with Crippen LogP contribution >= 0.6 is 0 Å². The number of nitrogens with zero attached hydrogens (tertiary/aromatic N) is 2. The van der Waals surface area contributed by atoms with Crippen LogP contribution in [0.4, 0.5) is 0 Å². The van der Waals surface area contributed by atoms with Crippen molar-refractivity contribution >= 4 is 38.1 Å². The number of benzene rings is 3. The molecule has 1 radical (unpaired) electrons. The van der Waals surface area contributed by atoms with Gasteiger partial charge in [-0.15, -0.1) is 12.1 Å². The van der Waals surface area contributed by atoms with E-state index in [0.717, 1.165) is 11.0 Å². The van der Waals surface area contributed by atoms with E-state index in [0.29, 0.717) is 0 Å². The first-order valence-electron chi connectivity index (χ1n) is 7.00. The molecule has 2 heterocycles. The van der Waals surface area contributed by atoms with Crippen LogP contribution in [0.15, 0.2) is 67.0 Å². The van der Waals surface area contributed by atoms with E-state index >= 15 is 0 Å². The van der Waals surface area contributed by atoms with Crippen LogP contribution < -0.4 is 0 Å². The summed E-state index contributed by atoms with van der Waals surface area (Å²) in [6, 6.07) is 22.4. The molecule has 5 aromatic rings. The maximum Gasteiger partial charge on any atom is 0.0608 e. The van der Waals surface area contributed by atoms with Gasteiger partial charge in [0.1, 0.15) is 0 Å². The van der Waals surface area contributed by atoms with E-state index in [9.17, 15) is 0 Å². The third-order valence-corrected chi connectivity index (χ3v) is 4.15. The molecule has 0 spiro atoms. The van der Waals surface area contributed by atoms with Gasteiger partial charge in [-0.1, -0.05) is 64.0 Å². The van der Waals surface area contributed by atoms with Gasteiger partial charge in [0.05, 0.1) is 5.65 Å². The zero-order chi connectivity index (χ0) is 13.8. The number of para-hydroxylation sites is 1. The van der Waals surface area contributed by atoms with Gasteiger partial charge in [-0.3, -0.25) is 4.98 Å². The van der Waals surface area contributed by atoms with Crippen molar-refractivity contribution in [2.45, 2.75) is 0 Å². The van der Waals surface area contributed by atoms with Crippen molar-refractivity contribution in [1.29, 1.82) is 0 Å². The maximum atomic E-state index is 4.54. The fourth-order valence-corrected chi connectivity index (χ4v) is 3.24. The molecule has 0 unspecified atom stereocenters. The van der Waals surface area contributed by atoms with Crippen LogP contribution in [0.1, 0.15) is 0 Å². The molecule has 0 aliphatic carbocycles. The van der Waals surface area contributed by atoms with Crippen LogP contribution in [0.2, 0.25) is 0 Å². The van der Waals surface area contributed by atoms with Gasteiger partial charge in [0.25, 0.3) is 0 Å². The molecule has 0 N–H and O–H groups in total. The summed E-state index contributed by atoms with van der Waals surface area (Å²) in [6.07, 6.45) is 3.87. The van der Waals surface area contributed by atoms with Gasteiger partial charge in [-0.2, -0.15) is 0 Å². The molecule has 0 saturated heterocycles. The topological polar surface area (TPSA) is 17.3 Å². The maximum absolute atomic E-state index is 4.54. The van der Waals surface area contributed by atoms with E-state index in [1.165, 1.54) is 27.1 Å². The molecule has 0 atom stereocenters. The summed E-state index contributed by atoms with van der Waals surface area (Å²) < 4.78 is 2.14. The number of aromatic nitrogens is 2. The Morgan fingerprint density at radius 1 is 0.909 bits per heavy atom. The number of pyridine rings is 1. The third kappa shape index (κ3) is 1.67. The summed E-state index contributed by atoms with van der Waals surface area (Å²) in [6.45, 7) is 0. The summed E-state index contributed by atoms with van der Waals surface area (Å²) >= 11 is 0. The summed E-state index contributed by atoms with van der Waals surface area (Å²) in [4.78, 5) is 4.54. The Morgan fingerprint density at radius 3 is 2.59 bits per heavy atom. The average molecular weight is 460 g/mol. The third-order valence-electron chi connectivity index (χ3n) is 4.15. The second-order valence-electron chi connectivity index (χ2n) is 5.26. The fourth-order valence-electron chi connectivity index (χ4n) is 3.24. The largest absolute Gasteiger partial charge is 0.340 e. The second-order valence-corrected chi connectivity index (χ2v) is 5.26. The fraction of sp³-hybridized carbons (Fsp3) is 0. The molecular weight excluding hydrogens is 448 g/mol. The zero-order valence-corrected chi connectivity index (χ0v) is 14.0. The predicted molar refractivity (Wildman–Crippen MR) is 86.5 cm³/mol. The summed E-state index contributed by atoms with van der Waals surface area (Å²) in [5, 5.41) is 6.03. The van der Waals surface area contributed by atoms with Gasteiger partial charge in [0, 0.05) is 38.0 Å². The van der Waals surface area contributed by atoms with Gasteiger partial charge >= 0.3 is 0 Å². The van der Waals surface area contributed by atoms with E-state index < -0.39 is 0 Å². The SMILES string of the molecule is [Ir].[c-]1cc2ccccc2c2c1c1nccn1c1ccccc21. The molecule has 0 aliphatic heterocycles. The van der Waals surface area contributed by atoms with Crippen LogP contribution in [0, 0.1) is 6.07 Å². The van der Waals surface area contributed by atoms with Crippen molar-refractivity contribution < 1.29 is 20.1 Å². The van der Waals surface area contributed by atoms with E-state index in [-0.39, 0.29) is 20.1 Å².